The van der Waals surface area contributed by atoms with E-state index < -0.39 is 6.61 Å². The van der Waals surface area contributed by atoms with Crippen molar-refractivity contribution in [3.63, 3.8) is 0 Å². The van der Waals surface area contributed by atoms with Gasteiger partial charge < -0.3 is 19.9 Å². The van der Waals surface area contributed by atoms with Crippen molar-refractivity contribution >= 4 is 17.3 Å². The molecule has 0 bridgehead atoms. The second-order valence-corrected chi connectivity index (χ2v) is 6.07. The molecule has 2 aromatic rings. The Morgan fingerprint density at radius 1 is 1.04 bits per heavy atom. The van der Waals surface area contributed by atoms with E-state index in [-0.39, 0.29) is 24.0 Å². The number of anilines is 2. The minimum Gasteiger partial charge on any atom is -0.433 e. The van der Waals surface area contributed by atoms with E-state index in [1.54, 1.807) is 35.2 Å². The van der Waals surface area contributed by atoms with Crippen LogP contribution in [0, 0.1) is 5.82 Å². The first-order valence-corrected chi connectivity index (χ1v) is 8.59. The largest absolute Gasteiger partial charge is 0.433 e. The van der Waals surface area contributed by atoms with Crippen molar-refractivity contribution in [3.05, 3.63) is 54.3 Å². The van der Waals surface area contributed by atoms with Crippen molar-refractivity contribution in [3.8, 4) is 5.75 Å². The summed E-state index contributed by atoms with van der Waals surface area (Å²) in [5.41, 5.74) is 1.26. The molecule has 1 N–H and O–H groups in total. The summed E-state index contributed by atoms with van der Waals surface area (Å²) in [7, 11) is 0. The van der Waals surface area contributed by atoms with Crippen LogP contribution in [0.1, 0.15) is 0 Å². The monoisotopic (exact) mass is 379 g/mol. The van der Waals surface area contributed by atoms with Crippen LogP contribution in [0.2, 0.25) is 0 Å². The molecule has 0 unspecified atom stereocenters. The molecular weight excluding hydrogens is 359 g/mol. The predicted octanol–water partition coefficient (Wildman–Crippen LogP) is 3.19. The minimum atomic E-state index is -2.93. The van der Waals surface area contributed by atoms with Crippen LogP contribution in [0.4, 0.5) is 24.5 Å². The number of nitrogens with one attached hydrogen (secondary N) is 1. The lowest BCUT2D eigenvalue weighted by Crippen LogP contribution is -2.50. The van der Waals surface area contributed by atoms with E-state index in [0.717, 1.165) is 5.69 Å². The van der Waals surface area contributed by atoms with Crippen molar-refractivity contribution in [2.24, 2.45) is 0 Å². The number of rotatable bonds is 6. The lowest BCUT2D eigenvalue weighted by molar-refractivity contribution is -0.129. The maximum atomic E-state index is 13.0. The Labute approximate surface area is 155 Å². The third kappa shape index (κ3) is 5.06. The summed E-state index contributed by atoms with van der Waals surface area (Å²) in [6.45, 7) is -0.589. The molecule has 1 aliphatic rings. The summed E-state index contributed by atoms with van der Waals surface area (Å²) in [4.78, 5) is 16.2. The molecule has 0 atom stereocenters. The summed E-state index contributed by atoms with van der Waals surface area (Å²) in [6, 6.07) is 12.5. The van der Waals surface area contributed by atoms with E-state index in [1.165, 1.54) is 18.2 Å². The normalized spacial score (nSPS) is 14.4. The predicted molar refractivity (Wildman–Crippen MR) is 96.8 cm³/mol. The Hall–Kier alpha value is -2.90. The van der Waals surface area contributed by atoms with Gasteiger partial charge in [-0.05, 0) is 36.4 Å². The quantitative estimate of drug-likeness (QED) is 0.837. The number of carbonyl (C=O) groups is 1. The van der Waals surface area contributed by atoms with Gasteiger partial charge in [-0.25, -0.2) is 4.39 Å². The number of ether oxygens (including phenoxy) is 1. The molecule has 2 aromatic carbocycles. The van der Waals surface area contributed by atoms with Crippen molar-refractivity contribution in [2.45, 2.75) is 6.61 Å². The summed E-state index contributed by atoms with van der Waals surface area (Å²) in [5, 5.41) is 2.86. The number of para-hydroxylation sites is 2. The lowest BCUT2D eigenvalue weighted by Gasteiger charge is -2.36. The topological polar surface area (TPSA) is 44.8 Å². The number of hydrogen-bond donors (Lipinski definition) is 1. The first kappa shape index (κ1) is 18.9. The molecule has 27 heavy (non-hydrogen) atoms. The Morgan fingerprint density at radius 3 is 2.37 bits per heavy atom. The van der Waals surface area contributed by atoms with Gasteiger partial charge in [-0.3, -0.25) is 4.79 Å². The highest BCUT2D eigenvalue weighted by molar-refractivity contribution is 5.81. The van der Waals surface area contributed by atoms with Crippen molar-refractivity contribution in [1.29, 1.82) is 0 Å². The van der Waals surface area contributed by atoms with Crippen LogP contribution >= 0.6 is 0 Å². The van der Waals surface area contributed by atoms with E-state index in [9.17, 15) is 18.0 Å². The summed E-state index contributed by atoms with van der Waals surface area (Å²) < 4.78 is 42.3. The van der Waals surface area contributed by atoms with Gasteiger partial charge in [0.2, 0.25) is 5.91 Å². The van der Waals surface area contributed by atoms with Crippen LogP contribution in [0.5, 0.6) is 5.75 Å². The maximum Gasteiger partial charge on any atom is 0.387 e. The molecule has 5 nitrogen and oxygen atoms in total. The van der Waals surface area contributed by atoms with Crippen LogP contribution in [-0.2, 0) is 4.79 Å². The Bertz CT molecular complexity index is 763. The summed E-state index contributed by atoms with van der Waals surface area (Å²) >= 11 is 0. The molecule has 0 aliphatic carbocycles. The highest BCUT2D eigenvalue weighted by atomic mass is 19.3. The summed E-state index contributed by atoms with van der Waals surface area (Å²) in [5.74, 6) is -0.406. The fourth-order valence-corrected chi connectivity index (χ4v) is 2.96. The molecule has 1 aliphatic heterocycles. The molecule has 0 radical (unpaired) electrons. The molecule has 1 saturated heterocycles. The molecule has 1 fully saturated rings. The third-order valence-corrected chi connectivity index (χ3v) is 4.36. The van der Waals surface area contributed by atoms with Crippen LogP contribution in [0.15, 0.2) is 48.5 Å². The van der Waals surface area contributed by atoms with Gasteiger partial charge in [0.25, 0.3) is 0 Å². The fraction of sp³-hybridized carbons (Fsp3) is 0.316. The number of alkyl halides is 2. The zero-order valence-electron chi connectivity index (χ0n) is 14.6. The van der Waals surface area contributed by atoms with E-state index >= 15 is 0 Å². The average molecular weight is 379 g/mol. The number of amides is 1. The molecule has 0 spiro atoms. The molecule has 1 heterocycles. The highest BCUT2D eigenvalue weighted by Crippen LogP contribution is 2.25. The van der Waals surface area contributed by atoms with Crippen molar-refractivity contribution in [2.75, 3.05) is 42.9 Å². The number of hydrogen-bond acceptors (Lipinski definition) is 4. The third-order valence-electron chi connectivity index (χ3n) is 4.36. The Kier molecular flexibility index (Phi) is 6.05. The number of nitrogens with zero attached hydrogens (tertiary/aromatic N) is 2. The van der Waals surface area contributed by atoms with Gasteiger partial charge in [-0.2, -0.15) is 8.78 Å². The standard InChI is InChI=1S/C19H20F3N3O2/c20-14-5-7-15(8-6-14)24-9-11-25(12-10-24)18(26)13-23-16-3-1-2-4-17(16)27-19(21)22/h1-8,19,23H,9-13H2. The van der Waals surface area contributed by atoms with Gasteiger partial charge in [0.15, 0.2) is 0 Å². The van der Waals surface area contributed by atoms with Crippen molar-refractivity contribution < 1.29 is 22.7 Å². The maximum absolute atomic E-state index is 13.0. The van der Waals surface area contributed by atoms with Crippen LogP contribution in [0.3, 0.4) is 0 Å². The molecule has 3 rings (SSSR count). The van der Waals surface area contributed by atoms with Gasteiger partial charge in [-0.15, -0.1) is 0 Å². The molecule has 0 aromatic heterocycles. The highest BCUT2D eigenvalue weighted by Gasteiger charge is 2.21. The zero-order chi connectivity index (χ0) is 19.2. The molecule has 144 valence electrons. The number of halogens is 3. The second-order valence-electron chi connectivity index (χ2n) is 6.07. The minimum absolute atomic E-state index is 0.00132. The smallest absolute Gasteiger partial charge is 0.387 e. The Balaban J connectivity index is 1.51. The van der Waals surface area contributed by atoms with E-state index in [2.05, 4.69) is 15.0 Å². The van der Waals surface area contributed by atoms with Gasteiger partial charge >= 0.3 is 6.61 Å². The van der Waals surface area contributed by atoms with Crippen molar-refractivity contribution in [1.82, 2.24) is 4.90 Å². The van der Waals surface area contributed by atoms with Gasteiger partial charge in [0.1, 0.15) is 11.6 Å². The molecule has 8 heteroatoms. The van der Waals surface area contributed by atoms with Crippen LogP contribution in [-0.4, -0.2) is 50.1 Å². The number of carbonyl (C=O) groups excluding carboxylic acids is 1. The van der Waals surface area contributed by atoms with Crippen LogP contribution < -0.4 is 15.0 Å². The molecular formula is C19H20F3N3O2. The molecule has 1 amide bonds. The van der Waals surface area contributed by atoms with Gasteiger partial charge in [-0.1, -0.05) is 12.1 Å². The zero-order valence-corrected chi connectivity index (χ0v) is 14.6. The fourth-order valence-electron chi connectivity index (χ4n) is 2.96. The van der Waals surface area contributed by atoms with Crippen LogP contribution in [0.25, 0.3) is 0 Å². The van der Waals surface area contributed by atoms with E-state index in [0.29, 0.717) is 31.9 Å². The second kappa shape index (κ2) is 8.66. The number of piperazine rings is 1. The summed E-state index contributed by atoms with van der Waals surface area (Å²) in [6.07, 6.45) is 0. The first-order valence-electron chi connectivity index (χ1n) is 8.59. The first-order chi connectivity index (χ1) is 13.0. The van der Waals surface area contributed by atoms with Gasteiger partial charge in [0.05, 0.1) is 12.2 Å². The lowest BCUT2D eigenvalue weighted by atomic mass is 10.2. The van der Waals surface area contributed by atoms with E-state index in [1.807, 2.05) is 0 Å². The average Bonchev–Trinajstić information content (AvgIpc) is 2.67. The van der Waals surface area contributed by atoms with Gasteiger partial charge in [0, 0.05) is 31.9 Å². The van der Waals surface area contributed by atoms with E-state index in [4.69, 9.17) is 0 Å². The Morgan fingerprint density at radius 2 is 1.70 bits per heavy atom. The molecule has 0 saturated carbocycles. The SMILES string of the molecule is O=C(CNc1ccccc1OC(F)F)N1CCN(c2ccc(F)cc2)CC1. The number of benzene rings is 2.